The SMILES string of the molecule is CC(O)(Cc1nsc(NC(=O)c2csc(-c3cccc(C(F)(F)F)c3)c2)n1)C(F)(F)F. The zero-order valence-corrected chi connectivity index (χ0v) is 17.1. The average Bonchev–Trinajstić information content (AvgIpc) is 3.29. The van der Waals surface area contributed by atoms with Crippen molar-refractivity contribution in [2.45, 2.75) is 31.3 Å². The molecule has 1 unspecified atom stereocenters. The molecule has 1 aromatic carbocycles. The summed E-state index contributed by atoms with van der Waals surface area (Å²) in [4.78, 5) is 16.6. The molecule has 2 heterocycles. The molecule has 0 fully saturated rings. The summed E-state index contributed by atoms with van der Waals surface area (Å²) in [6, 6.07) is 6.04. The Morgan fingerprint density at radius 2 is 1.87 bits per heavy atom. The number of aromatic nitrogens is 2. The normalized spacial score (nSPS) is 14.3. The van der Waals surface area contributed by atoms with Crippen LogP contribution in [0.2, 0.25) is 0 Å². The van der Waals surface area contributed by atoms with Crippen LogP contribution in [0.3, 0.4) is 0 Å². The van der Waals surface area contributed by atoms with Crippen molar-refractivity contribution in [1.82, 2.24) is 9.36 Å². The Labute approximate surface area is 179 Å². The van der Waals surface area contributed by atoms with Gasteiger partial charge in [-0.3, -0.25) is 10.1 Å². The van der Waals surface area contributed by atoms with E-state index in [2.05, 4.69) is 14.7 Å². The maximum Gasteiger partial charge on any atom is 0.417 e. The predicted molar refractivity (Wildman–Crippen MR) is 103 cm³/mol. The van der Waals surface area contributed by atoms with Gasteiger partial charge in [0.05, 0.1) is 11.1 Å². The van der Waals surface area contributed by atoms with Crippen LogP contribution in [0.4, 0.5) is 31.5 Å². The second-order valence-electron chi connectivity index (χ2n) is 6.70. The first-order chi connectivity index (χ1) is 14.3. The number of hydrogen-bond acceptors (Lipinski definition) is 6. The van der Waals surface area contributed by atoms with E-state index >= 15 is 0 Å². The van der Waals surface area contributed by atoms with Crippen LogP contribution >= 0.6 is 22.9 Å². The summed E-state index contributed by atoms with van der Waals surface area (Å²) in [7, 11) is 0. The first kappa shape index (κ1) is 23.2. The number of anilines is 1. The Morgan fingerprint density at radius 3 is 2.52 bits per heavy atom. The number of nitrogens with zero attached hydrogens (tertiary/aromatic N) is 2. The van der Waals surface area contributed by atoms with Crippen molar-refractivity contribution in [3.05, 3.63) is 52.7 Å². The van der Waals surface area contributed by atoms with Crippen LogP contribution in [0.5, 0.6) is 0 Å². The van der Waals surface area contributed by atoms with E-state index in [4.69, 9.17) is 0 Å². The van der Waals surface area contributed by atoms with Crippen molar-refractivity contribution in [2.75, 3.05) is 5.32 Å². The average molecular weight is 481 g/mol. The van der Waals surface area contributed by atoms with Crippen molar-refractivity contribution in [3.8, 4) is 10.4 Å². The van der Waals surface area contributed by atoms with Gasteiger partial charge in [0.15, 0.2) is 5.60 Å². The number of halogens is 6. The molecular formula is C18H13F6N3O2S2. The smallest absolute Gasteiger partial charge is 0.380 e. The summed E-state index contributed by atoms with van der Waals surface area (Å²) in [6.45, 7) is 0.590. The zero-order chi connectivity index (χ0) is 23.0. The molecule has 0 saturated carbocycles. The Bertz CT molecular complexity index is 1090. The predicted octanol–water partition coefficient (Wildman–Crippen LogP) is 5.39. The van der Waals surface area contributed by atoms with E-state index in [-0.39, 0.29) is 22.1 Å². The molecule has 0 saturated heterocycles. The molecule has 2 aromatic heterocycles. The fourth-order valence-corrected chi connectivity index (χ4v) is 3.88. The van der Waals surface area contributed by atoms with E-state index in [0.717, 1.165) is 23.5 Å². The minimum atomic E-state index is -4.88. The first-order valence-electron chi connectivity index (χ1n) is 8.45. The lowest BCUT2D eigenvalue weighted by Gasteiger charge is -2.24. The molecule has 166 valence electrons. The Balaban J connectivity index is 1.71. The Morgan fingerprint density at radius 1 is 1.16 bits per heavy atom. The molecule has 2 N–H and O–H groups in total. The lowest BCUT2D eigenvalue weighted by molar-refractivity contribution is -0.252. The topological polar surface area (TPSA) is 75.1 Å². The first-order valence-corrected chi connectivity index (χ1v) is 10.1. The number of alkyl halides is 6. The molecule has 0 radical (unpaired) electrons. The van der Waals surface area contributed by atoms with Crippen molar-refractivity contribution >= 4 is 33.9 Å². The van der Waals surface area contributed by atoms with Gasteiger partial charge in [0.2, 0.25) is 5.13 Å². The maximum absolute atomic E-state index is 12.9. The van der Waals surface area contributed by atoms with Gasteiger partial charge in [-0.05, 0) is 30.7 Å². The molecule has 1 atom stereocenters. The van der Waals surface area contributed by atoms with Crippen molar-refractivity contribution in [3.63, 3.8) is 0 Å². The highest BCUT2D eigenvalue weighted by Crippen LogP contribution is 2.35. The largest absolute Gasteiger partial charge is 0.417 e. The van der Waals surface area contributed by atoms with Gasteiger partial charge in [-0.25, -0.2) is 4.98 Å². The number of benzene rings is 1. The molecule has 0 aliphatic heterocycles. The van der Waals surface area contributed by atoms with Crippen LogP contribution in [0, 0.1) is 0 Å². The summed E-state index contributed by atoms with van der Waals surface area (Å²) in [5.74, 6) is -0.947. The van der Waals surface area contributed by atoms with Crippen LogP contribution in [-0.4, -0.2) is 32.1 Å². The molecule has 13 heteroatoms. The summed E-state index contributed by atoms with van der Waals surface area (Å²) in [5, 5.41) is 13.2. The van der Waals surface area contributed by atoms with Gasteiger partial charge < -0.3 is 5.11 Å². The zero-order valence-electron chi connectivity index (χ0n) is 15.5. The Hall–Kier alpha value is -2.51. The molecule has 0 aliphatic rings. The van der Waals surface area contributed by atoms with Crippen LogP contribution < -0.4 is 5.32 Å². The van der Waals surface area contributed by atoms with Crippen molar-refractivity contribution in [1.29, 1.82) is 0 Å². The van der Waals surface area contributed by atoms with Gasteiger partial charge in [0, 0.05) is 28.2 Å². The van der Waals surface area contributed by atoms with E-state index in [0.29, 0.717) is 23.3 Å². The maximum atomic E-state index is 12.9. The third-order valence-electron chi connectivity index (χ3n) is 4.14. The van der Waals surface area contributed by atoms with E-state index in [1.807, 2.05) is 0 Å². The third-order valence-corrected chi connectivity index (χ3v) is 5.79. The minimum Gasteiger partial charge on any atom is -0.380 e. The van der Waals surface area contributed by atoms with Gasteiger partial charge in [0.1, 0.15) is 5.82 Å². The molecule has 1 amide bonds. The molecule has 0 spiro atoms. The molecule has 3 rings (SSSR count). The summed E-state index contributed by atoms with van der Waals surface area (Å²) < 4.78 is 80.6. The van der Waals surface area contributed by atoms with Gasteiger partial charge in [-0.2, -0.15) is 30.7 Å². The number of rotatable bonds is 5. The number of aliphatic hydroxyl groups is 1. The van der Waals surface area contributed by atoms with Crippen LogP contribution in [0.1, 0.15) is 28.7 Å². The van der Waals surface area contributed by atoms with Gasteiger partial charge in [-0.1, -0.05) is 12.1 Å². The highest BCUT2D eigenvalue weighted by molar-refractivity contribution is 7.14. The fourth-order valence-electron chi connectivity index (χ4n) is 2.41. The highest BCUT2D eigenvalue weighted by Gasteiger charge is 2.50. The Kier molecular flexibility index (Phi) is 6.13. The third kappa shape index (κ3) is 5.40. The number of nitrogens with one attached hydrogen (secondary N) is 1. The number of amides is 1. The summed E-state index contributed by atoms with van der Waals surface area (Å²) in [5.41, 5.74) is -3.42. The molecular weight excluding hydrogens is 468 g/mol. The lowest BCUT2D eigenvalue weighted by atomic mass is 10.0. The number of thiophene rings is 1. The monoisotopic (exact) mass is 481 g/mol. The molecule has 0 aliphatic carbocycles. The van der Waals surface area contributed by atoms with Gasteiger partial charge in [0.25, 0.3) is 5.91 Å². The van der Waals surface area contributed by atoms with E-state index < -0.39 is 35.8 Å². The summed E-state index contributed by atoms with van der Waals surface area (Å²) >= 11 is 1.70. The molecule has 5 nitrogen and oxygen atoms in total. The van der Waals surface area contributed by atoms with E-state index in [9.17, 15) is 36.2 Å². The van der Waals surface area contributed by atoms with Gasteiger partial charge in [-0.15, -0.1) is 11.3 Å². The molecule has 0 bridgehead atoms. The van der Waals surface area contributed by atoms with E-state index in [1.165, 1.54) is 23.6 Å². The number of carbonyl (C=O) groups excluding carboxylic acids is 1. The second kappa shape index (κ2) is 8.20. The van der Waals surface area contributed by atoms with Gasteiger partial charge >= 0.3 is 12.4 Å². The summed E-state index contributed by atoms with van der Waals surface area (Å²) in [6.07, 6.45) is -10.3. The minimum absolute atomic E-state index is 0.0789. The fraction of sp³-hybridized carbons (Fsp3) is 0.278. The standard InChI is InChI=1S/C18H13F6N3O2S2/c1-16(29,18(22,23)24)7-13-25-15(31-27-13)26-14(28)10-6-12(30-8-10)9-3-2-4-11(5-9)17(19,20)21/h2-6,8,29H,7H2,1H3,(H,25,26,27,28). The molecule has 31 heavy (non-hydrogen) atoms. The quantitative estimate of drug-likeness (QED) is 0.479. The van der Waals surface area contributed by atoms with Crippen LogP contribution in [-0.2, 0) is 12.6 Å². The lowest BCUT2D eigenvalue weighted by Crippen LogP contribution is -2.44. The van der Waals surface area contributed by atoms with Crippen molar-refractivity contribution in [2.24, 2.45) is 0 Å². The van der Waals surface area contributed by atoms with Crippen LogP contribution in [0.25, 0.3) is 10.4 Å². The number of carbonyl (C=O) groups is 1. The van der Waals surface area contributed by atoms with Crippen LogP contribution in [0.15, 0.2) is 35.7 Å². The van der Waals surface area contributed by atoms with Crippen molar-refractivity contribution < 1.29 is 36.2 Å². The second-order valence-corrected chi connectivity index (χ2v) is 8.36. The molecule has 3 aromatic rings. The van der Waals surface area contributed by atoms with E-state index in [1.54, 1.807) is 0 Å². The highest BCUT2D eigenvalue weighted by atomic mass is 32.1. The number of hydrogen-bond donors (Lipinski definition) is 2.